The van der Waals surface area contributed by atoms with Gasteiger partial charge in [-0.3, -0.25) is 4.79 Å². The van der Waals surface area contributed by atoms with Crippen molar-refractivity contribution in [3.63, 3.8) is 0 Å². The lowest BCUT2D eigenvalue weighted by atomic mass is 10.0. The smallest absolute Gasteiger partial charge is 0.242 e. The Morgan fingerprint density at radius 2 is 2.29 bits per heavy atom. The van der Waals surface area contributed by atoms with Gasteiger partial charge in [0.2, 0.25) is 5.91 Å². The van der Waals surface area contributed by atoms with Crippen LogP contribution in [0.15, 0.2) is 30.3 Å². The lowest BCUT2D eigenvalue weighted by Crippen LogP contribution is -2.51. The zero-order chi connectivity index (χ0) is 12.5. The molecule has 4 nitrogen and oxygen atoms in total. The fourth-order valence-corrected chi connectivity index (χ4v) is 2.77. The highest BCUT2D eigenvalue weighted by molar-refractivity contribution is 8.08. The maximum atomic E-state index is 11.2. The van der Waals surface area contributed by atoms with Gasteiger partial charge in [-0.25, -0.2) is 0 Å². The first-order valence-electron chi connectivity index (χ1n) is 5.00. The highest BCUT2D eigenvalue weighted by atomic mass is 32.2. The number of nitrogens with two attached hydrogens (primary N) is 2. The average Bonchev–Trinajstić information content (AvgIpc) is 2.74. The molecule has 4 N–H and O–H groups in total. The van der Waals surface area contributed by atoms with Gasteiger partial charge in [0, 0.05) is 10.7 Å². The highest BCUT2D eigenvalue weighted by Crippen LogP contribution is 2.37. The van der Waals surface area contributed by atoms with Crippen LogP contribution < -0.4 is 11.5 Å². The van der Waals surface area contributed by atoms with Gasteiger partial charge in [0.25, 0.3) is 0 Å². The molecule has 1 aromatic rings. The SMILES string of the molecule is N#Cc1cccc(C2=CC(N)(C(N)=O)CS2)c1. The van der Waals surface area contributed by atoms with E-state index in [9.17, 15) is 4.79 Å². The summed E-state index contributed by atoms with van der Waals surface area (Å²) in [4.78, 5) is 12.1. The summed E-state index contributed by atoms with van der Waals surface area (Å²) >= 11 is 1.48. The Hall–Kier alpha value is -1.77. The van der Waals surface area contributed by atoms with E-state index >= 15 is 0 Å². The predicted molar refractivity (Wildman–Crippen MR) is 67.7 cm³/mol. The molecule has 1 unspecified atom stereocenters. The van der Waals surface area contributed by atoms with Crippen molar-refractivity contribution < 1.29 is 4.79 Å². The number of primary amides is 1. The Kier molecular flexibility index (Phi) is 2.92. The van der Waals surface area contributed by atoms with Gasteiger partial charge < -0.3 is 11.5 Å². The van der Waals surface area contributed by atoms with Crippen LogP contribution in [0.4, 0.5) is 0 Å². The molecule has 0 saturated heterocycles. The molecule has 0 saturated carbocycles. The number of benzene rings is 1. The Morgan fingerprint density at radius 1 is 1.53 bits per heavy atom. The number of hydrogen-bond donors (Lipinski definition) is 2. The lowest BCUT2D eigenvalue weighted by Gasteiger charge is -2.14. The first-order chi connectivity index (χ1) is 8.05. The largest absolute Gasteiger partial charge is 0.368 e. The van der Waals surface area contributed by atoms with Gasteiger partial charge in [0.1, 0.15) is 5.54 Å². The summed E-state index contributed by atoms with van der Waals surface area (Å²) in [5.74, 6) is -0.0921. The van der Waals surface area contributed by atoms with Crippen molar-refractivity contribution in [3.8, 4) is 6.07 Å². The van der Waals surface area contributed by atoms with Crippen molar-refractivity contribution in [1.29, 1.82) is 5.26 Å². The van der Waals surface area contributed by atoms with E-state index in [0.717, 1.165) is 10.5 Å². The van der Waals surface area contributed by atoms with E-state index in [1.165, 1.54) is 11.8 Å². The van der Waals surface area contributed by atoms with Crippen LogP contribution in [0.25, 0.3) is 4.91 Å². The second kappa shape index (κ2) is 4.24. The number of rotatable bonds is 2. The second-order valence-corrected chi connectivity index (χ2v) is 4.91. The van der Waals surface area contributed by atoms with Gasteiger partial charge in [0.05, 0.1) is 11.6 Å². The normalized spacial score (nSPS) is 22.9. The van der Waals surface area contributed by atoms with E-state index < -0.39 is 11.4 Å². The van der Waals surface area contributed by atoms with Crippen molar-refractivity contribution in [2.75, 3.05) is 5.75 Å². The van der Waals surface area contributed by atoms with Crippen molar-refractivity contribution in [3.05, 3.63) is 41.5 Å². The maximum Gasteiger partial charge on any atom is 0.242 e. The molecular formula is C12H11N3OS. The third kappa shape index (κ3) is 2.18. The third-order valence-electron chi connectivity index (χ3n) is 2.59. The molecule has 1 aliphatic rings. The number of hydrogen-bond acceptors (Lipinski definition) is 4. The van der Waals surface area contributed by atoms with Crippen LogP contribution >= 0.6 is 11.8 Å². The predicted octanol–water partition coefficient (Wildman–Crippen LogP) is 0.829. The molecule has 0 aliphatic carbocycles. The first-order valence-corrected chi connectivity index (χ1v) is 5.99. The summed E-state index contributed by atoms with van der Waals surface area (Å²) in [5, 5.41) is 8.82. The molecule has 1 aliphatic heterocycles. The lowest BCUT2D eigenvalue weighted by molar-refractivity contribution is -0.120. The number of amides is 1. The Labute approximate surface area is 103 Å². The third-order valence-corrected chi connectivity index (χ3v) is 3.88. The van der Waals surface area contributed by atoms with Crippen molar-refractivity contribution >= 4 is 22.6 Å². The Balaban J connectivity index is 2.37. The minimum absolute atomic E-state index is 0.439. The van der Waals surface area contributed by atoms with Crippen LogP contribution in [0.1, 0.15) is 11.1 Å². The van der Waals surface area contributed by atoms with E-state index in [1.54, 1.807) is 24.3 Å². The molecule has 1 heterocycles. The van der Waals surface area contributed by atoms with Gasteiger partial charge in [-0.2, -0.15) is 5.26 Å². The monoisotopic (exact) mass is 245 g/mol. The van der Waals surface area contributed by atoms with Gasteiger partial charge in [-0.15, -0.1) is 11.8 Å². The first kappa shape index (κ1) is 11.7. The van der Waals surface area contributed by atoms with E-state index in [2.05, 4.69) is 6.07 Å². The summed E-state index contributed by atoms with van der Waals surface area (Å²) in [6.45, 7) is 0. The zero-order valence-electron chi connectivity index (χ0n) is 9.01. The van der Waals surface area contributed by atoms with Crippen LogP contribution in [-0.2, 0) is 4.79 Å². The van der Waals surface area contributed by atoms with Gasteiger partial charge in [0.15, 0.2) is 0 Å². The summed E-state index contributed by atoms with van der Waals surface area (Å²) < 4.78 is 0. The van der Waals surface area contributed by atoms with E-state index in [-0.39, 0.29) is 0 Å². The summed E-state index contributed by atoms with van der Waals surface area (Å²) in [6, 6.07) is 9.26. The van der Waals surface area contributed by atoms with Crippen molar-refractivity contribution in [2.24, 2.45) is 11.5 Å². The van der Waals surface area contributed by atoms with E-state index in [1.807, 2.05) is 6.07 Å². The number of carbonyl (C=O) groups excluding carboxylic acids is 1. The van der Waals surface area contributed by atoms with Gasteiger partial charge in [-0.05, 0) is 23.8 Å². The molecule has 0 bridgehead atoms. The molecule has 17 heavy (non-hydrogen) atoms. The number of nitriles is 1. The van der Waals surface area contributed by atoms with Crippen LogP contribution in [0.2, 0.25) is 0 Å². The molecule has 0 fully saturated rings. The van der Waals surface area contributed by atoms with Gasteiger partial charge in [-0.1, -0.05) is 12.1 Å². The molecule has 1 atom stereocenters. The molecule has 0 radical (unpaired) electrons. The number of nitrogens with zero attached hydrogens (tertiary/aromatic N) is 1. The Bertz CT molecular complexity index is 547. The van der Waals surface area contributed by atoms with E-state index in [0.29, 0.717) is 11.3 Å². The van der Waals surface area contributed by atoms with Crippen LogP contribution in [-0.4, -0.2) is 17.2 Å². The van der Waals surface area contributed by atoms with Crippen LogP contribution in [0.5, 0.6) is 0 Å². The quantitative estimate of drug-likeness (QED) is 0.807. The Morgan fingerprint density at radius 3 is 2.88 bits per heavy atom. The topological polar surface area (TPSA) is 92.9 Å². The molecule has 2 rings (SSSR count). The molecule has 5 heteroatoms. The number of thioether (sulfide) groups is 1. The van der Waals surface area contributed by atoms with Crippen LogP contribution in [0.3, 0.4) is 0 Å². The van der Waals surface area contributed by atoms with E-state index in [4.69, 9.17) is 16.7 Å². The maximum absolute atomic E-state index is 11.2. The summed E-state index contributed by atoms with van der Waals surface area (Å²) in [7, 11) is 0. The average molecular weight is 245 g/mol. The molecule has 1 amide bonds. The van der Waals surface area contributed by atoms with Crippen molar-refractivity contribution in [1.82, 2.24) is 0 Å². The molecule has 86 valence electrons. The molecular weight excluding hydrogens is 234 g/mol. The highest BCUT2D eigenvalue weighted by Gasteiger charge is 2.35. The summed E-state index contributed by atoms with van der Waals surface area (Å²) in [5.41, 5.74) is 11.5. The van der Waals surface area contributed by atoms with Gasteiger partial charge >= 0.3 is 0 Å². The van der Waals surface area contributed by atoms with Crippen molar-refractivity contribution in [2.45, 2.75) is 5.54 Å². The molecule has 0 spiro atoms. The molecule has 0 aromatic heterocycles. The summed E-state index contributed by atoms with van der Waals surface area (Å²) in [6.07, 6.45) is 1.68. The fraction of sp³-hybridized carbons (Fsp3) is 0.167. The standard InChI is InChI=1S/C12H11N3OS/c13-6-8-2-1-3-9(4-8)10-5-12(15,7-17-10)11(14)16/h1-5H,7,15H2,(H2,14,16). The minimum atomic E-state index is -1.08. The fourth-order valence-electron chi connectivity index (χ4n) is 1.57. The minimum Gasteiger partial charge on any atom is -0.368 e. The molecule has 1 aromatic carbocycles. The zero-order valence-corrected chi connectivity index (χ0v) is 9.83. The number of carbonyl (C=O) groups is 1. The van der Waals surface area contributed by atoms with Crippen LogP contribution in [0, 0.1) is 11.3 Å². The second-order valence-electron chi connectivity index (χ2n) is 3.89.